The molecule has 0 atom stereocenters. The number of benzene rings is 1. The van der Waals surface area contributed by atoms with Crippen LogP contribution in [0.1, 0.15) is 15.5 Å². The maximum Gasteiger partial charge on any atom is 0.273 e. The van der Waals surface area contributed by atoms with Crippen LogP contribution in [0.25, 0.3) is 0 Å². The third kappa shape index (κ3) is 5.80. The average molecular weight is 371 g/mol. The molecule has 0 aliphatic rings. The largest absolute Gasteiger partial charge is 0.383 e. The number of carbonyl (C=O) groups is 1. The van der Waals surface area contributed by atoms with E-state index in [0.29, 0.717) is 25.4 Å². The number of rotatable bonds is 8. The fraction of sp³-hybridized carbons (Fsp3) is 0.375. The maximum absolute atomic E-state index is 12.5. The zero-order valence-corrected chi connectivity index (χ0v) is 15.5. The molecule has 0 saturated heterocycles. The number of amides is 1. The molecule has 0 bridgehead atoms. The van der Waals surface area contributed by atoms with E-state index >= 15 is 0 Å². The Morgan fingerprint density at radius 1 is 1.35 bits per heavy atom. The first kappa shape index (κ1) is 18.3. The number of aromatic nitrogens is 1. The lowest BCUT2D eigenvalue weighted by Gasteiger charge is -2.21. The Labute approximate surface area is 149 Å². The summed E-state index contributed by atoms with van der Waals surface area (Å²) in [6.45, 7) is 3.62. The van der Waals surface area contributed by atoms with Crippen molar-refractivity contribution in [3.63, 3.8) is 0 Å². The first-order valence-corrected chi connectivity index (χ1v) is 9.43. The molecule has 0 unspecified atom stereocenters. The monoisotopic (exact) mass is 370 g/mol. The third-order valence-corrected chi connectivity index (χ3v) is 5.15. The van der Waals surface area contributed by atoms with E-state index in [9.17, 15) is 4.79 Å². The molecule has 23 heavy (non-hydrogen) atoms. The predicted octanol–water partition coefficient (Wildman–Crippen LogP) is 3.99. The highest BCUT2D eigenvalue weighted by molar-refractivity contribution is 7.99. The fourth-order valence-corrected chi connectivity index (χ4v) is 3.53. The molecule has 124 valence electrons. The molecule has 0 radical (unpaired) electrons. The van der Waals surface area contributed by atoms with Crippen molar-refractivity contribution in [1.29, 1.82) is 0 Å². The van der Waals surface area contributed by atoms with Gasteiger partial charge < -0.3 is 9.64 Å². The van der Waals surface area contributed by atoms with Crippen molar-refractivity contribution in [1.82, 2.24) is 9.88 Å². The number of thioether (sulfide) groups is 1. The van der Waals surface area contributed by atoms with Gasteiger partial charge in [0.05, 0.1) is 11.6 Å². The molecule has 1 heterocycles. The zero-order chi connectivity index (χ0) is 16.7. The van der Waals surface area contributed by atoms with E-state index in [0.717, 1.165) is 20.7 Å². The van der Waals surface area contributed by atoms with Crippen LogP contribution in [0, 0.1) is 6.92 Å². The highest BCUT2D eigenvalue weighted by atomic mass is 35.5. The minimum Gasteiger partial charge on any atom is -0.383 e. The summed E-state index contributed by atoms with van der Waals surface area (Å²) in [5.41, 5.74) is 0.514. The van der Waals surface area contributed by atoms with Crippen LogP contribution < -0.4 is 0 Å². The summed E-state index contributed by atoms with van der Waals surface area (Å²) in [7, 11) is 1.64. The van der Waals surface area contributed by atoms with Gasteiger partial charge in [-0.25, -0.2) is 4.98 Å². The number of halogens is 1. The van der Waals surface area contributed by atoms with E-state index in [1.165, 1.54) is 11.3 Å². The van der Waals surface area contributed by atoms with E-state index < -0.39 is 0 Å². The van der Waals surface area contributed by atoms with Gasteiger partial charge >= 0.3 is 0 Å². The second kappa shape index (κ2) is 9.27. The van der Waals surface area contributed by atoms with Gasteiger partial charge in [-0.05, 0) is 31.2 Å². The molecule has 1 aromatic heterocycles. The summed E-state index contributed by atoms with van der Waals surface area (Å²) in [5, 5.41) is 3.44. The van der Waals surface area contributed by atoms with Gasteiger partial charge in [-0.1, -0.05) is 11.6 Å². The van der Waals surface area contributed by atoms with Crippen LogP contribution in [0.15, 0.2) is 34.5 Å². The lowest BCUT2D eigenvalue weighted by Crippen LogP contribution is -2.36. The van der Waals surface area contributed by atoms with Gasteiger partial charge in [0.25, 0.3) is 5.91 Å². The van der Waals surface area contributed by atoms with Crippen molar-refractivity contribution in [3.8, 4) is 0 Å². The molecular formula is C16H19ClN2O2S2. The SMILES string of the molecule is COCCN(CCSc1ccc(Cl)cc1)C(=O)c1csc(C)n1. The molecule has 2 aromatic rings. The Morgan fingerprint density at radius 3 is 2.70 bits per heavy atom. The number of thiazole rings is 1. The maximum atomic E-state index is 12.5. The summed E-state index contributed by atoms with van der Waals surface area (Å²) >= 11 is 9.07. The normalized spacial score (nSPS) is 10.7. The smallest absolute Gasteiger partial charge is 0.273 e. The van der Waals surface area contributed by atoms with Crippen molar-refractivity contribution in [2.45, 2.75) is 11.8 Å². The molecule has 0 saturated carbocycles. The summed E-state index contributed by atoms with van der Waals surface area (Å²) in [6, 6.07) is 7.71. The van der Waals surface area contributed by atoms with Gasteiger partial charge in [-0.2, -0.15) is 0 Å². The Balaban J connectivity index is 1.92. The van der Waals surface area contributed by atoms with Crippen molar-refractivity contribution >= 4 is 40.6 Å². The molecule has 0 aliphatic carbocycles. The quantitative estimate of drug-likeness (QED) is 0.659. The molecule has 0 fully saturated rings. The summed E-state index contributed by atoms with van der Waals surface area (Å²) < 4.78 is 5.11. The van der Waals surface area contributed by atoms with Crippen LogP contribution in [0.4, 0.5) is 0 Å². The molecule has 7 heteroatoms. The van der Waals surface area contributed by atoms with Gasteiger partial charge in [-0.15, -0.1) is 23.1 Å². The number of methoxy groups -OCH3 is 1. The number of carbonyl (C=O) groups excluding carboxylic acids is 1. The number of hydrogen-bond acceptors (Lipinski definition) is 5. The number of aryl methyl sites for hydroxylation is 1. The first-order chi connectivity index (χ1) is 11.1. The molecule has 0 spiro atoms. The molecule has 2 rings (SSSR count). The molecule has 0 N–H and O–H groups in total. The van der Waals surface area contributed by atoms with Gasteiger partial charge in [0, 0.05) is 41.3 Å². The second-order valence-electron chi connectivity index (χ2n) is 4.84. The molecule has 1 amide bonds. The van der Waals surface area contributed by atoms with Crippen LogP contribution in [0.5, 0.6) is 0 Å². The lowest BCUT2D eigenvalue weighted by atomic mass is 10.4. The van der Waals surface area contributed by atoms with E-state index in [-0.39, 0.29) is 5.91 Å². The minimum absolute atomic E-state index is 0.0388. The van der Waals surface area contributed by atoms with Crippen LogP contribution in [-0.4, -0.2) is 48.4 Å². The van der Waals surface area contributed by atoms with Crippen molar-refractivity contribution in [3.05, 3.63) is 45.4 Å². The van der Waals surface area contributed by atoms with Crippen LogP contribution in [0.3, 0.4) is 0 Å². The Hall–Kier alpha value is -1.08. The third-order valence-electron chi connectivity index (χ3n) is 3.13. The highest BCUT2D eigenvalue weighted by Crippen LogP contribution is 2.20. The number of hydrogen-bond donors (Lipinski definition) is 0. The molecule has 4 nitrogen and oxygen atoms in total. The van der Waals surface area contributed by atoms with Crippen LogP contribution in [0.2, 0.25) is 5.02 Å². The zero-order valence-electron chi connectivity index (χ0n) is 13.1. The topological polar surface area (TPSA) is 42.4 Å². The van der Waals surface area contributed by atoms with E-state index in [2.05, 4.69) is 4.98 Å². The molecule has 0 aliphatic heterocycles. The van der Waals surface area contributed by atoms with Crippen LogP contribution >= 0.6 is 34.7 Å². The van der Waals surface area contributed by atoms with Crippen LogP contribution in [-0.2, 0) is 4.74 Å². The molecular weight excluding hydrogens is 352 g/mol. The first-order valence-electron chi connectivity index (χ1n) is 7.19. The van der Waals surface area contributed by atoms with Gasteiger partial charge in [-0.3, -0.25) is 4.79 Å². The summed E-state index contributed by atoms with van der Waals surface area (Å²) in [6.07, 6.45) is 0. The van der Waals surface area contributed by atoms with E-state index in [1.807, 2.05) is 36.6 Å². The Morgan fingerprint density at radius 2 is 2.09 bits per heavy atom. The molecule has 1 aromatic carbocycles. The van der Waals surface area contributed by atoms with Crippen molar-refractivity contribution in [2.75, 3.05) is 32.6 Å². The summed E-state index contributed by atoms with van der Waals surface area (Å²) in [4.78, 5) is 19.7. The van der Waals surface area contributed by atoms with Gasteiger partial charge in [0.15, 0.2) is 0 Å². The minimum atomic E-state index is -0.0388. The lowest BCUT2D eigenvalue weighted by molar-refractivity contribution is 0.0703. The highest BCUT2D eigenvalue weighted by Gasteiger charge is 2.17. The predicted molar refractivity (Wildman–Crippen MR) is 96.8 cm³/mol. The van der Waals surface area contributed by atoms with E-state index in [1.54, 1.807) is 23.8 Å². The van der Waals surface area contributed by atoms with Crippen molar-refractivity contribution < 1.29 is 9.53 Å². The van der Waals surface area contributed by atoms with Crippen molar-refractivity contribution in [2.24, 2.45) is 0 Å². The average Bonchev–Trinajstić information content (AvgIpc) is 2.98. The van der Waals surface area contributed by atoms with Gasteiger partial charge in [0.1, 0.15) is 5.69 Å². The van der Waals surface area contributed by atoms with Gasteiger partial charge in [0.2, 0.25) is 0 Å². The van der Waals surface area contributed by atoms with E-state index in [4.69, 9.17) is 16.3 Å². The number of ether oxygens (including phenoxy) is 1. The Bertz CT molecular complexity index is 631. The summed E-state index contributed by atoms with van der Waals surface area (Å²) in [5.74, 6) is 0.767. The Kier molecular flexibility index (Phi) is 7.36. The standard InChI is InChI=1S/C16H19ClN2O2S2/c1-12-18-15(11-23-12)16(20)19(7-9-21-2)8-10-22-14-5-3-13(17)4-6-14/h3-6,11H,7-10H2,1-2H3. The second-order valence-corrected chi connectivity index (χ2v) is 7.51. The fourth-order valence-electron chi connectivity index (χ4n) is 1.94. The number of nitrogens with zero attached hydrogens (tertiary/aromatic N) is 2.